The van der Waals surface area contributed by atoms with Gasteiger partial charge in [0.15, 0.2) is 6.61 Å². The van der Waals surface area contributed by atoms with Gasteiger partial charge in [0.25, 0.3) is 5.91 Å². The van der Waals surface area contributed by atoms with E-state index in [1.165, 1.54) is 16.2 Å². The Bertz CT molecular complexity index is 800. The van der Waals surface area contributed by atoms with Gasteiger partial charge in [0.2, 0.25) is 0 Å². The number of benzene rings is 1. The van der Waals surface area contributed by atoms with Crippen molar-refractivity contribution in [1.82, 2.24) is 0 Å². The van der Waals surface area contributed by atoms with Crippen molar-refractivity contribution in [2.45, 2.75) is 27.2 Å². The van der Waals surface area contributed by atoms with Crippen molar-refractivity contribution in [3.05, 3.63) is 51.7 Å². The first kappa shape index (κ1) is 20.6. The van der Waals surface area contributed by atoms with Crippen LogP contribution in [0.5, 0.6) is 0 Å². The normalized spacial score (nSPS) is 10.3. The Morgan fingerprint density at radius 1 is 1.07 bits per heavy atom. The van der Waals surface area contributed by atoms with E-state index < -0.39 is 24.5 Å². The van der Waals surface area contributed by atoms with Gasteiger partial charge in [-0.25, -0.2) is 4.79 Å². The lowest BCUT2D eigenvalue weighted by atomic mass is 10.2. The number of hydrogen-bond donors (Lipinski definition) is 0. The number of amides is 1. The number of aryl methyl sites for hydroxylation is 2. The summed E-state index contributed by atoms with van der Waals surface area (Å²) >= 11 is 1.37. The van der Waals surface area contributed by atoms with Crippen molar-refractivity contribution >= 4 is 34.9 Å². The summed E-state index contributed by atoms with van der Waals surface area (Å²) in [6.45, 7) is 5.18. The van der Waals surface area contributed by atoms with Gasteiger partial charge >= 0.3 is 11.9 Å². The summed E-state index contributed by atoms with van der Waals surface area (Å²) in [5.74, 6) is -1.56. The van der Waals surface area contributed by atoms with Crippen LogP contribution in [0.2, 0.25) is 0 Å². The van der Waals surface area contributed by atoms with Gasteiger partial charge in [0, 0.05) is 10.6 Å². The number of para-hydroxylation sites is 1. The summed E-state index contributed by atoms with van der Waals surface area (Å²) in [6, 6.07) is 10.5. The Labute approximate surface area is 162 Å². The van der Waals surface area contributed by atoms with Crippen LogP contribution < -0.4 is 4.90 Å². The lowest BCUT2D eigenvalue weighted by molar-refractivity contribution is -0.142. The molecule has 7 heteroatoms. The third-order valence-corrected chi connectivity index (χ3v) is 5.19. The van der Waals surface area contributed by atoms with E-state index in [1.807, 2.05) is 13.8 Å². The minimum Gasteiger partial charge on any atom is -0.465 e. The van der Waals surface area contributed by atoms with Gasteiger partial charge in [-0.15, -0.1) is 11.3 Å². The molecule has 1 aromatic carbocycles. The van der Waals surface area contributed by atoms with Gasteiger partial charge < -0.3 is 9.47 Å². The number of esters is 2. The van der Waals surface area contributed by atoms with E-state index in [4.69, 9.17) is 9.47 Å². The smallest absolute Gasteiger partial charge is 0.348 e. The third-order valence-electron chi connectivity index (χ3n) is 3.83. The molecule has 0 unspecified atom stereocenters. The third kappa shape index (κ3) is 5.65. The second-order valence-electron chi connectivity index (χ2n) is 5.77. The van der Waals surface area contributed by atoms with E-state index in [0.29, 0.717) is 10.6 Å². The van der Waals surface area contributed by atoms with Crippen molar-refractivity contribution in [1.29, 1.82) is 0 Å². The highest BCUT2D eigenvalue weighted by Crippen LogP contribution is 2.23. The topological polar surface area (TPSA) is 72.9 Å². The summed E-state index contributed by atoms with van der Waals surface area (Å²) in [4.78, 5) is 39.5. The van der Waals surface area contributed by atoms with Crippen LogP contribution in [0.1, 0.15) is 34.0 Å². The maximum absolute atomic E-state index is 12.6. The van der Waals surface area contributed by atoms with Crippen molar-refractivity contribution in [3.8, 4) is 0 Å². The molecule has 0 fully saturated rings. The maximum Gasteiger partial charge on any atom is 0.348 e. The number of rotatable bonds is 8. The molecule has 27 heavy (non-hydrogen) atoms. The van der Waals surface area contributed by atoms with Crippen LogP contribution in [0.4, 0.5) is 5.69 Å². The molecule has 0 aliphatic rings. The monoisotopic (exact) mass is 389 g/mol. The van der Waals surface area contributed by atoms with Crippen LogP contribution in [0.25, 0.3) is 0 Å². The molecule has 1 aromatic heterocycles. The molecule has 0 spiro atoms. The van der Waals surface area contributed by atoms with Crippen molar-refractivity contribution in [3.63, 3.8) is 0 Å². The summed E-state index contributed by atoms with van der Waals surface area (Å²) < 4.78 is 10.1. The molecule has 2 aromatic rings. The maximum atomic E-state index is 12.6. The number of thiophene rings is 1. The number of hydrogen-bond acceptors (Lipinski definition) is 6. The molecule has 144 valence electrons. The highest BCUT2D eigenvalue weighted by atomic mass is 32.1. The number of carbonyl (C=O) groups is 3. The average Bonchev–Trinajstić information content (AvgIpc) is 3.05. The van der Waals surface area contributed by atoms with Crippen molar-refractivity contribution in [2.24, 2.45) is 0 Å². The molecular weight excluding hydrogens is 366 g/mol. The summed E-state index contributed by atoms with van der Waals surface area (Å²) in [5, 5.41) is 0. The first-order valence-corrected chi connectivity index (χ1v) is 9.55. The van der Waals surface area contributed by atoms with Gasteiger partial charge in [0.1, 0.15) is 11.4 Å². The molecule has 0 saturated carbocycles. The molecule has 0 N–H and O–H groups in total. The summed E-state index contributed by atoms with van der Waals surface area (Å²) in [7, 11) is 0. The molecule has 0 atom stereocenters. The molecule has 0 radical (unpaired) electrons. The van der Waals surface area contributed by atoms with Crippen molar-refractivity contribution in [2.75, 3.05) is 24.7 Å². The largest absolute Gasteiger partial charge is 0.465 e. The molecule has 6 nitrogen and oxygen atoms in total. The van der Waals surface area contributed by atoms with E-state index in [1.54, 1.807) is 43.3 Å². The molecule has 0 aliphatic heterocycles. The van der Waals surface area contributed by atoms with Crippen LogP contribution in [-0.2, 0) is 25.5 Å². The van der Waals surface area contributed by atoms with Crippen LogP contribution in [0, 0.1) is 6.92 Å². The van der Waals surface area contributed by atoms with Gasteiger partial charge in [-0.05, 0) is 44.0 Å². The Hall–Kier alpha value is -2.67. The van der Waals surface area contributed by atoms with E-state index in [0.717, 1.165) is 16.9 Å². The molecule has 1 amide bonds. The standard InChI is InChI=1S/C20H23NO5S/c1-4-16-14(3)11-17(27-16)20(24)26-13-18(22)21(12-19(23)25-5-2)15-9-7-6-8-10-15/h6-11H,4-5,12-13H2,1-3H3. The summed E-state index contributed by atoms with van der Waals surface area (Å²) in [6.07, 6.45) is 0.837. The highest BCUT2D eigenvalue weighted by molar-refractivity contribution is 7.14. The number of carbonyl (C=O) groups excluding carboxylic acids is 3. The van der Waals surface area contributed by atoms with Crippen LogP contribution >= 0.6 is 11.3 Å². The lowest BCUT2D eigenvalue weighted by Gasteiger charge is -2.21. The average molecular weight is 389 g/mol. The van der Waals surface area contributed by atoms with Gasteiger partial charge in [-0.1, -0.05) is 25.1 Å². The van der Waals surface area contributed by atoms with E-state index in [9.17, 15) is 14.4 Å². The SMILES string of the molecule is CCOC(=O)CN(C(=O)COC(=O)c1cc(C)c(CC)s1)c1ccccc1. The number of nitrogens with zero attached hydrogens (tertiary/aromatic N) is 1. The fourth-order valence-electron chi connectivity index (χ4n) is 2.51. The molecular formula is C20H23NO5S. The predicted molar refractivity (Wildman–Crippen MR) is 104 cm³/mol. The zero-order valence-electron chi connectivity index (χ0n) is 15.7. The molecule has 0 bridgehead atoms. The second kappa shape index (κ2) is 9.87. The number of ether oxygens (including phenoxy) is 2. The van der Waals surface area contributed by atoms with E-state index >= 15 is 0 Å². The Morgan fingerprint density at radius 2 is 1.78 bits per heavy atom. The molecule has 2 rings (SSSR count). The minimum absolute atomic E-state index is 0.224. The fourth-order valence-corrected chi connectivity index (χ4v) is 3.52. The highest BCUT2D eigenvalue weighted by Gasteiger charge is 2.22. The first-order valence-electron chi connectivity index (χ1n) is 8.73. The summed E-state index contributed by atoms with van der Waals surface area (Å²) in [5.41, 5.74) is 1.57. The van der Waals surface area contributed by atoms with Gasteiger partial charge in [-0.3, -0.25) is 14.5 Å². The molecule has 0 saturated heterocycles. The Morgan fingerprint density at radius 3 is 2.37 bits per heavy atom. The van der Waals surface area contributed by atoms with E-state index in [2.05, 4.69) is 0 Å². The number of anilines is 1. The second-order valence-corrected chi connectivity index (χ2v) is 6.90. The van der Waals surface area contributed by atoms with Crippen molar-refractivity contribution < 1.29 is 23.9 Å². The van der Waals surface area contributed by atoms with Gasteiger partial charge in [-0.2, -0.15) is 0 Å². The molecule has 1 heterocycles. The zero-order chi connectivity index (χ0) is 19.8. The Balaban J connectivity index is 2.06. The zero-order valence-corrected chi connectivity index (χ0v) is 16.5. The van der Waals surface area contributed by atoms with Crippen LogP contribution in [0.3, 0.4) is 0 Å². The minimum atomic E-state index is -0.541. The Kier molecular flexibility index (Phi) is 7.55. The predicted octanol–water partition coefficient (Wildman–Crippen LogP) is 3.37. The first-order chi connectivity index (χ1) is 13.0. The fraction of sp³-hybridized carbons (Fsp3) is 0.350. The lowest BCUT2D eigenvalue weighted by Crippen LogP contribution is -2.39. The van der Waals surface area contributed by atoms with Crippen LogP contribution in [-0.4, -0.2) is 37.6 Å². The van der Waals surface area contributed by atoms with Gasteiger partial charge in [0.05, 0.1) is 6.61 Å². The van der Waals surface area contributed by atoms with E-state index in [-0.39, 0.29) is 13.2 Å². The quantitative estimate of drug-likeness (QED) is 0.647. The molecule has 0 aliphatic carbocycles. The van der Waals surface area contributed by atoms with Crippen LogP contribution in [0.15, 0.2) is 36.4 Å².